The maximum Gasteiger partial charge on any atom is 0.223 e. The van der Waals surface area contributed by atoms with E-state index in [0.717, 1.165) is 25.2 Å². The van der Waals surface area contributed by atoms with Crippen LogP contribution in [-0.2, 0) is 4.79 Å². The number of carbonyl (C=O) groups is 2. The Morgan fingerprint density at radius 2 is 2.00 bits per heavy atom. The highest BCUT2D eigenvalue weighted by molar-refractivity contribution is 5.98. The van der Waals surface area contributed by atoms with Gasteiger partial charge in [0.25, 0.3) is 0 Å². The zero-order chi connectivity index (χ0) is 15.4. The molecule has 0 saturated carbocycles. The monoisotopic (exact) mass is 332 g/mol. The summed E-state index contributed by atoms with van der Waals surface area (Å²) < 4.78 is 25.9. The minimum absolute atomic E-state index is 0. The first kappa shape index (κ1) is 18.5. The summed E-state index contributed by atoms with van der Waals surface area (Å²) in [5, 5.41) is 3.18. The van der Waals surface area contributed by atoms with Crippen molar-refractivity contribution in [2.24, 2.45) is 0 Å². The predicted octanol–water partition coefficient (Wildman–Crippen LogP) is 2.17. The SMILES string of the molecule is CC1CNCCN1C(=O)CCC(=O)c1ccc(F)c(F)c1.Cl. The standard InChI is InChI=1S/C15H18F2N2O2.ClH/c1-10-9-18-6-7-19(10)15(21)5-4-14(20)11-2-3-12(16)13(17)8-11;/h2-3,8,10,18H,4-7,9H2,1H3;1H. The minimum Gasteiger partial charge on any atom is -0.337 e. The molecule has 1 N–H and O–H groups in total. The molecule has 22 heavy (non-hydrogen) atoms. The quantitative estimate of drug-likeness (QED) is 0.860. The van der Waals surface area contributed by atoms with E-state index in [-0.39, 0.29) is 48.5 Å². The second-order valence-corrected chi connectivity index (χ2v) is 5.19. The fraction of sp³-hybridized carbons (Fsp3) is 0.467. The molecule has 122 valence electrons. The van der Waals surface area contributed by atoms with Gasteiger partial charge in [0.15, 0.2) is 17.4 Å². The number of amides is 1. The van der Waals surface area contributed by atoms with Crippen molar-refractivity contribution in [1.29, 1.82) is 0 Å². The zero-order valence-corrected chi connectivity index (χ0v) is 13.1. The van der Waals surface area contributed by atoms with E-state index in [2.05, 4.69) is 5.32 Å². The van der Waals surface area contributed by atoms with Crippen LogP contribution < -0.4 is 5.32 Å². The van der Waals surface area contributed by atoms with Crippen LogP contribution in [0.3, 0.4) is 0 Å². The second-order valence-electron chi connectivity index (χ2n) is 5.19. The summed E-state index contributed by atoms with van der Waals surface area (Å²) in [6.45, 7) is 4.05. The van der Waals surface area contributed by atoms with Crippen molar-refractivity contribution >= 4 is 24.1 Å². The Bertz CT molecular complexity index is 554. The highest BCUT2D eigenvalue weighted by atomic mass is 35.5. The fourth-order valence-electron chi connectivity index (χ4n) is 2.39. The molecule has 1 aliphatic heterocycles. The number of Topliss-reactive ketones (excluding diaryl/α,β-unsaturated/α-hetero) is 1. The van der Waals surface area contributed by atoms with Gasteiger partial charge in [0, 0.05) is 44.1 Å². The van der Waals surface area contributed by atoms with Gasteiger partial charge in [-0.2, -0.15) is 0 Å². The molecule has 2 rings (SSSR count). The van der Waals surface area contributed by atoms with Crippen LogP contribution in [0.2, 0.25) is 0 Å². The molecule has 1 amide bonds. The third kappa shape index (κ3) is 4.48. The predicted molar refractivity (Wildman–Crippen MR) is 81.2 cm³/mol. The van der Waals surface area contributed by atoms with Crippen LogP contribution in [0, 0.1) is 11.6 Å². The van der Waals surface area contributed by atoms with Crippen molar-refractivity contribution in [2.75, 3.05) is 19.6 Å². The van der Waals surface area contributed by atoms with Crippen LogP contribution in [-0.4, -0.2) is 42.3 Å². The molecule has 4 nitrogen and oxygen atoms in total. The average Bonchev–Trinajstić information content (AvgIpc) is 2.47. The molecule has 0 aliphatic carbocycles. The van der Waals surface area contributed by atoms with Crippen LogP contribution >= 0.6 is 12.4 Å². The van der Waals surface area contributed by atoms with Gasteiger partial charge in [-0.25, -0.2) is 8.78 Å². The Morgan fingerprint density at radius 3 is 2.64 bits per heavy atom. The number of rotatable bonds is 4. The summed E-state index contributed by atoms with van der Waals surface area (Å²) in [6.07, 6.45) is 0.0860. The molecule has 0 radical (unpaired) electrons. The third-order valence-electron chi connectivity index (χ3n) is 3.63. The lowest BCUT2D eigenvalue weighted by atomic mass is 10.1. The van der Waals surface area contributed by atoms with Gasteiger partial charge < -0.3 is 10.2 Å². The van der Waals surface area contributed by atoms with Gasteiger partial charge in [0.05, 0.1) is 0 Å². The Kier molecular flexibility index (Phi) is 6.90. The Balaban J connectivity index is 0.00000242. The van der Waals surface area contributed by atoms with E-state index in [1.165, 1.54) is 6.07 Å². The molecule has 1 saturated heterocycles. The van der Waals surface area contributed by atoms with E-state index in [1.54, 1.807) is 4.90 Å². The van der Waals surface area contributed by atoms with Crippen molar-refractivity contribution in [3.05, 3.63) is 35.4 Å². The van der Waals surface area contributed by atoms with E-state index >= 15 is 0 Å². The van der Waals surface area contributed by atoms with E-state index in [9.17, 15) is 18.4 Å². The number of benzene rings is 1. The molecule has 1 heterocycles. The summed E-state index contributed by atoms with van der Waals surface area (Å²) in [5.41, 5.74) is 0.0926. The lowest BCUT2D eigenvalue weighted by Crippen LogP contribution is -2.52. The van der Waals surface area contributed by atoms with Gasteiger partial charge in [-0.1, -0.05) is 0 Å². The van der Waals surface area contributed by atoms with E-state index in [4.69, 9.17) is 0 Å². The molecule has 0 spiro atoms. The molecule has 1 aliphatic rings. The average molecular weight is 333 g/mol. The molecule has 0 bridgehead atoms. The largest absolute Gasteiger partial charge is 0.337 e. The summed E-state index contributed by atoms with van der Waals surface area (Å²) in [4.78, 5) is 25.7. The van der Waals surface area contributed by atoms with Gasteiger partial charge in [0.2, 0.25) is 5.91 Å². The maximum absolute atomic E-state index is 13.1. The van der Waals surface area contributed by atoms with Crippen LogP contribution in [0.5, 0.6) is 0 Å². The number of piperazine rings is 1. The number of hydrogen-bond acceptors (Lipinski definition) is 3. The number of nitrogens with one attached hydrogen (secondary N) is 1. The molecule has 7 heteroatoms. The number of hydrogen-bond donors (Lipinski definition) is 1. The number of carbonyl (C=O) groups excluding carboxylic acids is 2. The molecule has 1 aromatic rings. The van der Waals surface area contributed by atoms with Crippen molar-refractivity contribution in [1.82, 2.24) is 10.2 Å². The van der Waals surface area contributed by atoms with Gasteiger partial charge in [-0.3, -0.25) is 9.59 Å². The van der Waals surface area contributed by atoms with Crippen LogP contribution in [0.1, 0.15) is 30.1 Å². The van der Waals surface area contributed by atoms with Crippen LogP contribution in [0.25, 0.3) is 0 Å². The molecule has 1 fully saturated rings. The number of nitrogens with zero attached hydrogens (tertiary/aromatic N) is 1. The summed E-state index contributed by atoms with van der Waals surface area (Å²) in [6, 6.07) is 3.13. The van der Waals surface area contributed by atoms with Crippen LogP contribution in [0.4, 0.5) is 8.78 Å². The Labute approximate surface area is 134 Å². The Hall–Kier alpha value is -1.53. The lowest BCUT2D eigenvalue weighted by Gasteiger charge is -2.34. The first-order valence-electron chi connectivity index (χ1n) is 6.97. The molecule has 1 unspecified atom stereocenters. The molecule has 1 atom stereocenters. The smallest absolute Gasteiger partial charge is 0.223 e. The molecule has 0 aromatic heterocycles. The summed E-state index contributed by atoms with van der Waals surface area (Å²) in [7, 11) is 0. The first-order valence-corrected chi connectivity index (χ1v) is 6.97. The lowest BCUT2D eigenvalue weighted by molar-refractivity contribution is -0.133. The van der Waals surface area contributed by atoms with Crippen molar-refractivity contribution in [3.8, 4) is 0 Å². The van der Waals surface area contributed by atoms with Crippen LogP contribution in [0.15, 0.2) is 18.2 Å². The summed E-state index contributed by atoms with van der Waals surface area (Å²) in [5.74, 6) is -2.48. The maximum atomic E-state index is 13.1. The highest BCUT2D eigenvalue weighted by Gasteiger charge is 2.23. The van der Waals surface area contributed by atoms with Gasteiger partial charge >= 0.3 is 0 Å². The van der Waals surface area contributed by atoms with E-state index < -0.39 is 11.6 Å². The summed E-state index contributed by atoms with van der Waals surface area (Å²) >= 11 is 0. The van der Waals surface area contributed by atoms with Crippen molar-refractivity contribution in [2.45, 2.75) is 25.8 Å². The topological polar surface area (TPSA) is 49.4 Å². The van der Waals surface area contributed by atoms with Gasteiger partial charge in [0.1, 0.15) is 0 Å². The molecular formula is C15H19ClF2N2O2. The van der Waals surface area contributed by atoms with Crippen molar-refractivity contribution < 1.29 is 18.4 Å². The number of halogens is 3. The van der Waals surface area contributed by atoms with E-state index in [0.29, 0.717) is 6.54 Å². The van der Waals surface area contributed by atoms with Gasteiger partial charge in [-0.05, 0) is 25.1 Å². The minimum atomic E-state index is -1.05. The highest BCUT2D eigenvalue weighted by Crippen LogP contribution is 2.13. The first-order chi connectivity index (χ1) is 9.99. The third-order valence-corrected chi connectivity index (χ3v) is 3.63. The second kappa shape index (κ2) is 8.19. The number of ketones is 1. The van der Waals surface area contributed by atoms with Gasteiger partial charge in [-0.15, -0.1) is 12.4 Å². The zero-order valence-electron chi connectivity index (χ0n) is 12.3. The molecular weight excluding hydrogens is 314 g/mol. The fourth-order valence-corrected chi connectivity index (χ4v) is 2.39. The van der Waals surface area contributed by atoms with E-state index in [1.807, 2.05) is 6.92 Å². The van der Waals surface area contributed by atoms with Crippen molar-refractivity contribution in [3.63, 3.8) is 0 Å². The Morgan fingerprint density at radius 1 is 1.27 bits per heavy atom. The normalized spacial score (nSPS) is 17.8. The molecule has 1 aromatic carbocycles.